The van der Waals surface area contributed by atoms with Crippen molar-refractivity contribution >= 4 is 0 Å². The average molecular weight is 226 g/mol. The molecular formula is C15H32N. The van der Waals surface area contributed by atoms with Crippen molar-refractivity contribution in [2.24, 2.45) is 11.8 Å². The van der Waals surface area contributed by atoms with Crippen molar-refractivity contribution in [3.8, 4) is 0 Å². The van der Waals surface area contributed by atoms with E-state index in [1.165, 1.54) is 38.5 Å². The van der Waals surface area contributed by atoms with Gasteiger partial charge in [-0.2, -0.15) is 0 Å². The van der Waals surface area contributed by atoms with Gasteiger partial charge in [-0.05, 0) is 32.2 Å². The highest BCUT2D eigenvalue weighted by molar-refractivity contribution is 4.61. The summed E-state index contributed by atoms with van der Waals surface area (Å²) in [6, 6.07) is 0.679. The van der Waals surface area contributed by atoms with E-state index in [4.69, 9.17) is 0 Å². The molecule has 0 aromatic rings. The van der Waals surface area contributed by atoms with Gasteiger partial charge >= 0.3 is 0 Å². The summed E-state index contributed by atoms with van der Waals surface area (Å²) in [4.78, 5) is 0. The van der Waals surface area contributed by atoms with E-state index in [1.807, 2.05) is 7.05 Å². The molecule has 0 bridgehead atoms. The van der Waals surface area contributed by atoms with Gasteiger partial charge in [0.25, 0.3) is 0 Å². The number of hydrogen-bond acceptors (Lipinski definition) is 1. The summed E-state index contributed by atoms with van der Waals surface area (Å²) >= 11 is 0. The lowest BCUT2D eigenvalue weighted by molar-refractivity contribution is 0.402. The molecule has 0 saturated heterocycles. The van der Waals surface area contributed by atoms with Crippen LogP contribution in [0, 0.1) is 18.8 Å². The third kappa shape index (κ3) is 9.21. The van der Waals surface area contributed by atoms with Crippen LogP contribution in [0.15, 0.2) is 0 Å². The predicted octanol–water partition coefficient (Wildman–Crippen LogP) is 4.43. The highest BCUT2D eigenvalue weighted by Gasteiger charge is 2.05. The first kappa shape index (κ1) is 16.0. The van der Waals surface area contributed by atoms with E-state index in [2.05, 4.69) is 33.0 Å². The quantitative estimate of drug-likeness (QED) is 0.581. The van der Waals surface area contributed by atoms with E-state index in [9.17, 15) is 0 Å². The van der Waals surface area contributed by atoms with Gasteiger partial charge in [0.2, 0.25) is 0 Å². The topological polar surface area (TPSA) is 12.0 Å². The molecule has 1 heteroatoms. The predicted molar refractivity (Wildman–Crippen MR) is 74.5 cm³/mol. The summed E-state index contributed by atoms with van der Waals surface area (Å²) < 4.78 is 0. The van der Waals surface area contributed by atoms with Crippen molar-refractivity contribution in [2.45, 2.75) is 71.8 Å². The minimum Gasteiger partial charge on any atom is -0.317 e. The lowest BCUT2D eigenvalue weighted by Crippen LogP contribution is -2.20. The maximum atomic E-state index is 3.95. The van der Waals surface area contributed by atoms with Crippen LogP contribution in [0.1, 0.15) is 65.7 Å². The van der Waals surface area contributed by atoms with Gasteiger partial charge in [0.15, 0.2) is 0 Å². The Kier molecular flexibility index (Phi) is 10.1. The Bertz CT molecular complexity index is 128. The van der Waals surface area contributed by atoms with E-state index < -0.39 is 0 Å². The van der Waals surface area contributed by atoms with Crippen molar-refractivity contribution in [3.05, 3.63) is 6.92 Å². The molecule has 0 heterocycles. The van der Waals surface area contributed by atoms with E-state index in [1.54, 1.807) is 0 Å². The van der Waals surface area contributed by atoms with Crippen LogP contribution in [0.5, 0.6) is 0 Å². The molecule has 97 valence electrons. The van der Waals surface area contributed by atoms with Gasteiger partial charge in [0.1, 0.15) is 0 Å². The molecule has 0 aliphatic carbocycles. The second-order valence-electron chi connectivity index (χ2n) is 5.55. The Balaban J connectivity index is 3.34. The van der Waals surface area contributed by atoms with Crippen molar-refractivity contribution in [3.63, 3.8) is 0 Å². The number of hydrogen-bond donors (Lipinski definition) is 1. The summed E-state index contributed by atoms with van der Waals surface area (Å²) in [6.45, 7) is 10.9. The van der Waals surface area contributed by atoms with Gasteiger partial charge in [0, 0.05) is 6.04 Å². The molecule has 0 aromatic heterocycles. The van der Waals surface area contributed by atoms with Gasteiger partial charge < -0.3 is 5.32 Å². The largest absolute Gasteiger partial charge is 0.317 e. The maximum absolute atomic E-state index is 3.95. The van der Waals surface area contributed by atoms with Crippen LogP contribution in [0.3, 0.4) is 0 Å². The Hall–Kier alpha value is -0.0400. The fraction of sp³-hybridized carbons (Fsp3) is 0.933. The summed E-state index contributed by atoms with van der Waals surface area (Å²) in [5.41, 5.74) is 0. The summed E-state index contributed by atoms with van der Waals surface area (Å²) in [6.07, 6.45) is 9.32. The molecule has 3 unspecified atom stereocenters. The first-order valence-electron chi connectivity index (χ1n) is 7.06. The lowest BCUT2D eigenvalue weighted by atomic mass is 9.93. The molecule has 0 amide bonds. The van der Waals surface area contributed by atoms with Crippen LogP contribution in [0.25, 0.3) is 0 Å². The van der Waals surface area contributed by atoms with Crippen LogP contribution >= 0.6 is 0 Å². The van der Waals surface area contributed by atoms with Crippen LogP contribution in [-0.2, 0) is 0 Å². The second kappa shape index (κ2) is 10.1. The SMILES string of the molecule is [CH2]CC(C)CCCC(C)CCCC(C)NC. The second-order valence-corrected chi connectivity index (χ2v) is 5.55. The van der Waals surface area contributed by atoms with Crippen molar-refractivity contribution in [2.75, 3.05) is 7.05 Å². The van der Waals surface area contributed by atoms with Crippen LogP contribution in [0.2, 0.25) is 0 Å². The molecule has 1 N–H and O–H groups in total. The zero-order valence-electron chi connectivity index (χ0n) is 11.9. The van der Waals surface area contributed by atoms with Gasteiger partial charge in [-0.15, -0.1) is 0 Å². The molecule has 0 aliphatic rings. The Morgan fingerprint density at radius 1 is 0.875 bits per heavy atom. The van der Waals surface area contributed by atoms with Crippen molar-refractivity contribution in [1.29, 1.82) is 0 Å². The standard InChI is InChI=1S/C15H32N/c1-6-13(2)9-7-10-14(3)11-8-12-15(4)16-5/h13-16H,1,6-12H2,2-5H3. The molecule has 0 aromatic carbocycles. The molecule has 0 rings (SSSR count). The minimum atomic E-state index is 0.679. The Morgan fingerprint density at radius 3 is 1.88 bits per heavy atom. The molecule has 0 spiro atoms. The zero-order valence-corrected chi connectivity index (χ0v) is 11.9. The zero-order chi connectivity index (χ0) is 12.4. The van der Waals surface area contributed by atoms with Gasteiger partial charge in [-0.3, -0.25) is 0 Å². The van der Waals surface area contributed by atoms with Gasteiger partial charge in [-0.1, -0.05) is 59.3 Å². The first-order valence-corrected chi connectivity index (χ1v) is 7.06. The van der Waals surface area contributed by atoms with Crippen LogP contribution in [-0.4, -0.2) is 13.1 Å². The van der Waals surface area contributed by atoms with E-state index in [0.717, 1.165) is 18.3 Å². The molecule has 3 atom stereocenters. The number of nitrogens with one attached hydrogen (secondary N) is 1. The highest BCUT2D eigenvalue weighted by Crippen LogP contribution is 2.19. The molecule has 1 radical (unpaired) electrons. The summed E-state index contributed by atoms with van der Waals surface area (Å²) in [5.74, 6) is 1.72. The minimum absolute atomic E-state index is 0.679. The molecule has 0 fully saturated rings. The van der Waals surface area contributed by atoms with E-state index in [0.29, 0.717) is 6.04 Å². The number of rotatable bonds is 10. The van der Waals surface area contributed by atoms with Gasteiger partial charge in [0.05, 0.1) is 0 Å². The Labute approximate surface area is 103 Å². The average Bonchev–Trinajstić information content (AvgIpc) is 2.28. The molecule has 0 saturated carbocycles. The smallest absolute Gasteiger partial charge is 0.00357 e. The summed E-state index contributed by atoms with van der Waals surface area (Å²) in [7, 11) is 2.05. The fourth-order valence-corrected chi connectivity index (χ4v) is 2.02. The lowest BCUT2D eigenvalue weighted by Gasteiger charge is -2.15. The first-order chi connectivity index (χ1) is 7.60. The maximum Gasteiger partial charge on any atom is 0.00357 e. The Morgan fingerprint density at radius 2 is 1.38 bits per heavy atom. The fourth-order valence-electron chi connectivity index (χ4n) is 2.02. The molecule has 0 aliphatic heterocycles. The molecule has 16 heavy (non-hydrogen) atoms. The third-order valence-corrected chi connectivity index (χ3v) is 3.71. The van der Waals surface area contributed by atoms with E-state index >= 15 is 0 Å². The highest BCUT2D eigenvalue weighted by atomic mass is 14.8. The molecular weight excluding hydrogens is 194 g/mol. The third-order valence-electron chi connectivity index (χ3n) is 3.71. The van der Waals surface area contributed by atoms with Crippen LogP contribution in [0.4, 0.5) is 0 Å². The van der Waals surface area contributed by atoms with E-state index in [-0.39, 0.29) is 0 Å². The van der Waals surface area contributed by atoms with Crippen molar-refractivity contribution in [1.82, 2.24) is 5.32 Å². The van der Waals surface area contributed by atoms with Gasteiger partial charge in [-0.25, -0.2) is 0 Å². The van der Waals surface area contributed by atoms with Crippen molar-refractivity contribution < 1.29 is 0 Å². The normalized spacial score (nSPS) is 17.1. The summed E-state index contributed by atoms with van der Waals surface area (Å²) in [5, 5.41) is 3.30. The van der Waals surface area contributed by atoms with Crippen LogP contribution < -0.4 is 5.32 Å². The monoisotopic (exact) mass is 226 g/mol. The molecule has 1 nitrogen and oxygen atoms in total.